The van der Waals surface area contributed by atoms with Gasteiger partial charge in [-0.1, -0.05) is 61.4 Å². The van der Waals surface area contributed by atoms with Crippen molar-refractivity contribution in [3.63, 3.8) is 0 Å². The Labute approximate surface area is 106 Å². The molecule has 0 saturated carbocycles. The van der Waals surface area contributed by atoms with Crippen molar-refractivity contribution < 1.29 is 14.7 Å². The number of carboxylic acid groups (broad SMARTS) is 1. The highest BCUT2D eigenvalue weighted by Crippen LogP contribution is 2.27. The van der Waals surface area contributed by atoms with Gasteiger partial charge < -0.3 is 5.11 Å². The van der Waals surface area contributed by atoms with E-state index < -0.39 is 10.3 Å². The molecule has 0 aromatic heterocycles. The van der Waals surface area contributed by atoms with Crippen molar-refractivity contribution in [2.24, 2.45) is 0 Å². The molecule has 1 N–H and O–H groups in total. The van der Waals surface area contributed by atoms with E-state index >= 15 is 0 Å². The molecule has 0 heterocycles. The van der Waals surface area contributed by atoms with E-state index in [0.717, 1.165) is 19.3 Å². The number of rotatable bonds is 9. The number of hydrogen-bond acceptors (Lipinski definition) is 2. The number of carbonyl (C=O) groups is 2. The average molecular weight is 293 g/mol. The number of aliphatic carboxylic acids is 1. The van der Waals surface area contributed by atoms with Crippen LogP contribution in [0, 0.1) is 0 Å². The first kappa shape index (κ1) is 15.6. The minimum Gasteiger partial charge on any atom is -0.480 e. The van der Waals surface area contributed by atoms with E-state index in [1.54, 1.807) is 0 Å². The van der Waals surface area contributed by atoms with Crippen LogP contribution in [0.15, 0.2) is 0 Å². The van der Waals surface area contributed by atoms with Gasteiger partial charge >= 0.3 is 5.97 Å². The van der Waals surface area contributed by atoms with Crippen LogP contribution in [0.2, 0.25) is 0 Å². The van der Waals surface area contributed by atoms with E-state index in [9.17, 15) is 9.59 Å². The summed E-state index contributed by atoms with van der Waals surface area (Å²) in [6, 6.07) is 0. The molecule has 0 bridgehead atoms. The second-order valence-electron chi connectivity index (χ2n) is 4.18. The third-order valence-electron chi connectivity index (χ3n) is 2.77. The Morgan fingerprint density at radius 3 is 2.06 bits per heavy atom. The quantitative estimate of drug-likeness (QED) is 0.402. The Kier molecular flexibility index (Phi) is 7.64. The summed E-state index contributed by atoms with van der Waals surface area (Å²) in [6.45, 7) is 3.48. The molecule has 1 atom stereocenters. The zero-order valence-electron chi connectivity index (χ0n) is 10.1. The van der Waals surface area contributed by atoms with E-state index in [1.807, 2.05) is 0 Å². The Morgan fingerprint density at radius 1 is 1.12 bits per heavy atom. The van der Waals surface area contributed by atoms with E-state index in [4.69, 9.17) is 5.11 Å². The fraction of sp³-hybridized carbons (Fsp3) is 0.833. The Bertz CT molecular complexity index is 224. The number of Topliss-reactive ketones (excluding diaryl/α,β-unsaturated/α-hetero) is 1. The molecule has 16 heavy (non-hydrogen) atoms. The van der Waals surface area contributed by atoms with Crippen LogP contribution in [-0.2, 0) is 9.59 Å². The number of alkyl halides is 1. The Hall–Kier alpha value is -0.380. The maximum Gasteiger partial charge on any atom is 0.328 e. The van der Waals surface area contributed by atoms with Gasteiger partial charge in [0, 0.05) is 0 Å². The van der Waals surface area contributed by atoms with Crippen LogP contribution in [0.1, 0.15) is 58.8 Å². The standard InChI is InChI=1S/C12H21BrO3/c1-3-4-5-6-7-8-9-12(13,10(2)14)11(15)16/h3-9H2,1-2H3,(H,15,16). The summed E-state index contributed by atoms with van der Waals surface area (Å²) in [5.41, 5.74) is 0. The maximum atomic E-state index is 11.2. The molecule has 0 aliphatic carbocycles. The van der Waals surface area contributed by atoms with E-state index in [0.29, 0.717) is 6.42 Å². The van der Waals surface area contributed by atoms with Crippen LogP contribution in [-0.4, -0.2) is 21.2 Å². The van der Waals surface area contributed by atoms with Gasteiger partial charge in [0.05, 0.1) is 0 Å². The monoisotopic (exact) mass is 292 g/mol. The molecular weight excluding hydrogens is 272 g/mol. The lowest BCUT2D eigenvalue weighted by Gasteiger charge is -2.18. The minimum absolute atomic E-state index is 0.325. The lowest BCUT2D eigenvalue weighted by Crippen LogP contribution is -2.39. The molecule has 0 radical (unpaired) electrons. The summed E-state index contributed by atoms with van der Waals surface area (Å²) in [5.74, 6) is -1.40. The molecular formula is C12H21BrO3. The van der Waals surface area contributed by atoms with Gasteiger partial charge in [-0.3, -0.25) is 9.59 Å². The molecule has 0 aromatic rings. The summed E-state index contributed by atoms with van der Waals surface area (Å²) in [7, 11) is 0. The SMILES string of the molecule is CCCCCCCCC(Br)(C(C)=O)C(=O)O. The predicted molar refractivity (Wildman–Crippen MR) is 68.0 cm³/mol. The van der Waals surface area contributed by atoms with Gasteiger partial charge in [0.1, 0.15) is 0 Å². The second-order valence-corrected chi connectivity index (χ2v) is 5.53. The molecule has 0 spiro atoms. The molecule has 0 aliphatic rings. The van der Waals surface area contributed by atoms with Crippen LogP contribution in [0.3, 0.4) is 0 Å². The fourth-order valence-electron chi connectivity index (χ4n) is 1.58. The van der Waals surface area contributed by atoms with Crippen LogP contribution in [0.5, 0.6) is 0 Å². The van der Waals surface area contributed by atoms with Crippen molar-refractivity contribution in [3.05, 3.63) is 0 Å². The number of halogens is 1. The first-order valence-corrected chi connectivity index (χ1v) is 6.67. The molecule has 0 saturated heterocycles. The smallest absolute Gasteiger partial charge is 0.328 e. The Balaban J connectivity index is 3.88. The van der Waals surface area contributed by atoms with Crippen molar-refractivity contribution in [1.29, 1.82) is 0 Å². The normalized spacial score (nSPS) is 14.4. The molecule has 94 valence electrons. The molecule has 0 aromatic carbocycles. The molecule has 0 rings (SSSR count). The van der Waals surface area contributed by atoms with E-state index in [1.165, 1.54) is 26.2 Å². The molecule has 0 aliphatic heterocycles. The van der Waals surface area contributed by atoms with Crippen LogP contribution in [0.4, 0.5) is 0 Å². The summed E-state index contributed by atoms with van der Waals surface area (Å²) in [6.07, 6.45) is 6.89. The van der Waals surface area contributed by atoms with Gasteiger partial charge in [0.2, 0.25) is 0 Å². The number of carboxylic acids is 1. The van der Waals surface area contributed by atoms with Gasteiger partial charge in [0.25, 0.3) is 0 Å². The largest absolute Gasteiger partial charge is 0.480 e. The van der Waals surface area contributed by atoms with Gasteiger partial charge in [0.15, 0.2) is 10.1 Å². The van der Waals surface area contributed by atoms with Crippen molar-refractivity contribution in [3.8, 4) is 0 Å². The second kappa shape index (κ2) is 7.82. The maximum absolute atomic E-state index is 11.2. The van der Waals surface area contributed by atoms with Crippen molar-refractivity contribution in [2.75, 3.05) is 0 Å². The molecule has 0 fully saturated rings. The third kappa shape index (κ3) is 5.10. The third-order valence-corrected chi connectivity index (χ3v) is 4.07. The fourth-order valence-corrected chi connectivity index (χ4v) is 1.86. The van der Waals surface area contributed by atoms with Crippen LogP contribution in [0.25, 0.3) is 0 Å². The van der Waals surface area contributed by atoms with Crippen LogP contribution >= 0.6 is 15.9 Å². The molecule has 4 heteroatoms. The number of hydrogen-bond donors (Lipinski definition) is 1. The summed E-state index contributed by atoms with van der Waals surface area (Å²) in [4.78, 5) is 22.2. The van der Waals surface area contributed by atoms with E-state index in [-0.39, 0.29) is 5.78 Å². The van der Waals surface area contributed by atoms with Crippen LogP contribution < -0.4 is 0 Å². The first-order chi connectivity index (χ1) is 7.45. The minimum atomic E-state index is -1.36. The lowest BCUT2D eigenvalue weighted by atomic mass is 9.97. The van der Waals surface area contributed by atoms with Gasteiger partial charge in [-0.25, -0.2) is 0 Å². The molecule has 0 amide bonds. The highest BCUT2D eigenvalue weighted by atomic mass is 79.9. The van der Waals surface area contributed by atoms with E-state index in [2.05, 4.69) is 22.9 Å². The highest BCUT2D eigenvalue weighted by Gasteiger charge is 2.39. The molecule has 3 nitrogen and oxygen atoms in total. The zero-order valence-corrected chi connectivity index (χ0v) is 11.7. The Morgan fingerprint density at radius 2 is 1.62 bits per heavy atom. The first-order valence-electron chi connectivity index (χ1n) is 5.88. The lowest BCUT2D eigenvalue weighted by molar-refractivity contribution is -0.143. The summed E-state index contributed by atoms with van der Waals surface area (Å²) < 4.78 is -1.36. The van der Waals surface area contributed by atoms with Crippen molar-refractivity contribution >= 4 is 27.7 Å². The molecule has 1 unspecified atom stereocenters. The van der Waals surface area contributed by atoms with Gasteiger partial charge in [-0.15, -0.1) is 0 Å². The zero-order chi connectivity index (χ0) is 12.6. The number of ketones is 1. The average Bonchev–Trinajstić information content (AvgIpc) is 2.22. The topological polar surface area (TPSA) is 54.4 Å². The predicted octanol–water partition coefficient (Wildman–Crippen LogP) is 3.54. The summed E-state index contributed by atoms with van der Waals surface area (Å²) >= 11 is 3.05. The van der Waals surface area contributed by atoms with Gasteiger partial charge in [-0.2, -0.15) is 0 Å². The number of unbranched alkanes of at least 4 members (excludes halogenated alkanes) is 5. The highest BCUT2D eigenvalue weighted by molar-refractivity contribution is 9.10. The van der Waals surface area contributed by atoms with Crippen molar-refractivity contribution in [2.45, 2.75) is 63.1 Å². The van der Waals surface area contributed by atoms with Crippen molar-refractivity contribution in [1.82, 2.24) is 0 Å². The number of carbonyl (C=O) groups excluding carboxylic acids is 1. The van der Waals surface area contributed by atoms with Gasteiger partial charge in [-0.05, 0) is 13.3 Å². The summed E-state index contributed by atoms with van der Waals surface area (Å²) in [5, 5.41) is 8.98.